The Balaban J connectivity index is 2.31. The van der Waals surface area contributed by atoms with Gasteiger partial charge in [0.05, 0.1) is 12.0 Å². The maximum absolute atomic E-state index is 11.1. The number of aryl methyl sites for hydroxylation is 2. The molecule has 0 aliphatic rings. The van der Waals surface area contributed by atoms with E-state index < -0.39 is 4.92 Å². The lowest BCUT2D eigenvalue weighted by Crippen LogP contribution is -2.08. The number of methoxy groups -OCH3 is 1. The number of nitro groups is 1. The minimum Gasteiger partial charge on any atom is -0.496 e. The Labute approximate surface area is 126 Å². The van der Waals surface area contributed by atoms with Gasteiger partial charge in [0.1, 0.15) is 11.4 Å². The van der Waals surface area contributed by atoms with Gasteiger partial charge < -0.3 is 10.1 Å². The molecule has 1 heterocycles. The third-order valence-electron chi connectivity index (χ3n) is 3.10. The summed E-state index contributed by atoms with van der Waals surface area (Å²) >= 11 is 6.15. The minimum atomic E-state index is -0.450. The Morgan fingerprint density at radius 2 is 2.24 bits per heavy atom. The van der Waals surface area contributed by atoms with E-state index in [9.17, 15) is 10.1 Å². The first-order valence-electron chi connectivity index (χ1n) is 6.19. The zero-order valence-electron chi connectivity index (χ0n) is 11.9. The molecule has 0 fully saturated rings. The lowest BCUT2D eigenvalue weighted by atomic mass is 10.2. The van der Waals surface area contributed by atoms with E-state index in [1.807, 2.05) is 0 Å². The first-order valence-corrected chi connectivity index (χ1v) is 6.56. The fourth-order valence-electron chi connectivity index (χ4n) is 2.14. The van der Waals surface area contributed by atoms with Gasteiger partial charge in [0, 0.05) is 24.2 Å². The summed E-state index contributed by atoms with van der Waals surface area (Å²) in [5, 5.41) is 18.7. The molecule has 0 bridgehead atoms. The lowest BCUT2D eigenvalue weighted by Gasteiger charge is -2.11. The minimum absolute atomic E-state index is 0.0384. The summed E-state index contributed by atoms with van der Waals surface area (Å²) in [6.45, 7) is 1.89. The van der Waals surface area contributed by atoms with E-state index in [1.165, 1.54) is 4.68 Å². The van der Waals surface area contributed by atoms with Crippen molar-refractivity contribution < 1.29 is 9.66 Å². The van der Waals surface area contributed by atoms with Crippen molar-refractivity contribution in [3.63, 3.8) is 0 Å². The Morgan fingerprint density at radius 1 is 1.52 bits per heavy atom. The normalized spacial score (nSPS) is 10.5. The number of rotatable bonds is 5. The fraction of sp³-hybridized carbons (Fsp3) is 0.308. The third kappa shape index (κ3) is 2.92. The summed E-state index contributed by atoms with van der Waals surface area (Å²) in [6.07, 6.45) is 0. The van der Waals surface area contributed by atoms with E-state index in [4.69, 9.17) is 16.3 Å². The molecule has 0 radical (unpaired) electrons. The monoisotopic (exact) mass is 310 g/mol. The average Bonchev–Trinajstić information content (AvgIpc) is 2.71. The molecule has 21 heavy (non-hydrogen) atoms. The van der Waals surface area contributed by atoms with Gasteiger partial charge in [-0.1, -0.05) is 17.7 Å². The lowest BCUT2D eigenvalue weighted by molar-refractivity contribution is -0.384. The van der Waals surface area contributed by atoms with E-state index in [0.29, 0.717) is 28.8 Å². The molecule has 0 amide bonds. The van der Waals surface area contributed by atoms with Gasteiger partial charge in [-0.25, -0.2) is 4.68 Å². The zero-order valence-corrected chi connectivity index (χ0v) is 12.6. The molecule has 8 heteroatoms. The number of nitrogens with one attached hydrogen (secondary N) is 1. The first kappa shape index (κ1) is 15.1. The van der Waals surface area contributed by atoms with Crippen molar-refractivity contribution in [2.75, 3.05) is 12.4 Å². The van der Waals surface area contributed by atoms with Gasteiger partial charge in [-0.3, -0.25) is 10.1 Å². The second-order valence-electron chi connectivity index (χ2n) is 4.44. The van der Waals surface area contributed by atoms with Crippen LogP contribution in [0.2, 0.25) is 5.02 Å². The quantitative estimate of drug-likeness (QED) is 0.678. The maximum Gasteiger partial charge on any atom is 0.333 e. The molecule has 0 spiro atoms. The second kappa shape index (κ2) is 6.01. The smallest absolute Gasteiger partial charge is 0.333 e. The van der Waals surface area contributed by atoms with E-state index >= 15 is 0 Å². The second-order valence-corrected chi connectivity index (χ2v) is 4.84. The summed E-state index contributed by atoms with van der Waals surface area (Å²) in [5.41, 5.74) is 1.05. The standard InChI is InChI=1S/C13H15ClN4O3/c1-8-12(18(19)20)13(17(2)16-8)15-7-9-10(14)5-4-6-11(9)21-3/h4-6,15H,7H2,1-3H3. The van der Waals surface area contributed by atoms with Crippen LogP contribution in [0.1, 0.15) is 11.3 Å². The number of ether oxygens (including phenoxy) is 1. The molecule has 1 N–H and O–H groups in total. The van der Waals surface area contributed by atoms with Crippen molar-refractivity contribution in [1.82, 2.24) is 9.78 Å². The predicted octanol–water partition coefficient (Wildman–Crippen LogP) is 2.91. The van der Waals surface area contributed by atoms with Crippen LogP contribution >= 0.6 is 11.6 Å². The molecule has 1 aromatic heterocycles. The van der Waals surface area contributed by atoms with Gasteiger partial charge in [-0.2, -0.15) is 5.10 Å². The van der Waals surface area contributed by atoms with Crippen molar-refractivity contribution >= 4 is 23.1 Å². The van der Waals surface area contributed by atoms with Gasteiger partial charge in [0.25, 0.3) is 0 Å². The van der Waals surface area contributed by atoms with Crippen LogP contribution in [0.3, 0.4) is 0 Å². The summed E-state index contributed by atoms with van der Waals surface area (Å²) in [7, 11) is 3.19. The van der Waals surface area contributed by atoms with E-state index in [2.05, 4.69) is 10.4 Å². The molecule has 0 unspecified atom stereocenters. The highest BCUT2D eigenvalue weighted by Gasteiger charge is 2.24. The van der Waals surface area contributed by atoms with Crippen LogP contribution in [0.4, 0.5) is 11.5 Å². The molecule has 2 rings (SSSR count). The molecule has 7 nitrogen and oxygen atoms in total. The van der Waals surface area contributed by atoms with Gasteiger partial charge in [0.2, 0.25) is 5.82 Å². The van der Waals surface area contributed by atoms with Crippen LogP contribution in [0.25, 0.3) is 0 Å². The average molecular weight is 311 g/mol. The zero-order chi connectivity index (χ0) is 15.6. The van der Waals surface area contributed by atoms with Crippen molar-refractivity contribution in [1.29, 1.82) is 0 Å². The fourth-order valence-corrected chi connectivity index (χ4v) is 2.37. The molecule has 112 valence electrons. The number of benzene rings is 1. The number of aromatic nitrogens is 2. The Morgan fingerprint density at radius 3 is 2.86 bits per heavy atom. The Hall–Kier alpha value is -2.28. The number of hydrogen-bond donors (Lipinski definition) is 1. The molecular weight excluding hydrogens is 296 g/mol. The summed E-state index contributed by atoms with van der Waals surface area (Å²) in [6, 6.07) is 5.30. The van der Waals surface area contributed by atoms with Crippen molar-refractivity contribution in [3.05, 3.63) is 44.6 Å². The van der Waals surface area contributed by atoms with Crippen LogP contribution in [-0.2, 0) is 13.6 Å². The van der Waals surface area contributed by atoms with Crippen LogP contribution in [0.15, 0.2) is 18.2 Å². The van der Waals surface area contributed by atoms with Crippen molar-refractivity contribution in [3.8, 4) is 5.75 Å². The van der Waals surface area contributed by atoms with Crippen molar-refractivity contribution in [2.45, 2.75) is 13.5 Å². The molecule has 0 saturated carbocycles. The molecule has 2 aromatic rings. The molecular formula is C13H15ClN4O3. The first-order chi connectivity index (χ1) is 9.95. The number of anilines is 1. The van der Waals surface area contributed by atoms with Crippen LogP contribution < -0.4 is 10.1 Å². The van der Waals surface area contributed by atoms with Crippen LogP contribution in [0, 0.1) is 17.0 Å². The SMILES string of the molecule is COc1cccc(Cl)c1CNc1c([N+](=O)[O-])c(C)nn1C. The van der Waals surface area contributed by atoms with Crippen LogP contribution in [-0.4, -0.2) is 21.8 Å². The predicted molar refractivity (Wildman–Crippen MR) is 79.9 cm³/mol. The topological polar surface area (TPSA) is 82.2 Å². The summed E-state index contributed by atoms with van der Waals surface area (Å²) < 4.78 is 6.69. The number of nitrogens with zero attached hydrogens (tertiary/aromatic N) is 3. The largest absolute Gasteiger partial charge is 0.496 e. The van der Waals surface area contributed by atoms with E-state index in [0.717, 1.165) is 5.56 Å². The molecule has 0 aliphatic heterocycles. The maximum atomic E-state index is 11.1. The summed E-state index contributed by atoms with van der Waals surface area (Å²) in [4.78, 5) is 10.7. The number of hydrogen-bond acceptors (Lipinski definition) is 5. The van der Waals surface area contributed by atoms with E-state index in [-0.39, 0.29) is 5.69 Å². The van der Waals surface area contributed by atoms with Gasteiger partial charge >= 0.3 is 5.69 Å². The molecule has 0 aliphatic carbocycles. The molecule has 0 atom stereocenters. The third-order valence-corrected chi connectivity index (χ3v) is 3.46. The highest BCUT2D eigenvalue weighted by molar-refractivity contribution is 6.31. The Bertz CT molecular complexity index is 684. The van der Waals surface area contributed by atoms with Crippen molar-refractivity contribution in [2.24, 2.45) is 7.05 Å². The van der Waals surface area contributed by atoms with Gasteiger partial charge in [-0.15, -0.1) is 0 Å². The molecule has 1 aromatic carbocycles. The highest BCUT2D eigenvalue weighted by atomic mass is 35.5. The number of halogens is 1. The van der Waals surface area contributed by atoms with E-state index in [1.54, 1.807) is 39.3 Å². The van der Waals surface area contributed by atoms with Gasteiger partial charge in [0.15, 0.2) is 0 Å². The van der Waals surface area contributed by atoms with Crippen LogP contribution in [0.5, 0.6) is 5.75 Å². The summed E-state index contributed by atoms with van der Waals surface area (Å²) in [5.74, 6) is 0.955. The highest BCUT2D eigenvalue weighted by Crippen LogP contribution is 2.30. The van der Waals surface area contributed by atoms with Gasteiger partial charge in [-0.05, 0) is 19.1 Å². The molecule has 0 saturated heterocycles. The Kier molecular flexibility index (Phi) is 4.32.